The standard InChI is InChI=1S/C20H21Cl2N3O3/c1-12-5-4-6-17(13(12)2)24-18(26)11-25(3)19(27)10-23-20(28)14-7-8-15(21)16(22)9-14/h4-9H,10-11H2,1-3H3,(H,23,28)(H,24,26). The molecule has 0 bridgehead atoms. The van der Waals surface area contributed by atoms with E-state index in [1.54, 1.807) is 6.07 Å². The first-order valence-electron chi connectivity index (χ1n) is 8.52. The minimum atomic E-state index is -0.458. The van der Waals surface area contributed by atoms with Gasteiger partial charge in [0.25, 0.3) is 5.91 Å². The third-order valence-electron chi connectivity index (χ3n) is 4.27. The summed E-state index contributed by atoms with van der Waals surface area (Å²) in [6.45, 7) is 3.50. The van der Waals surface area contributed by atoms with Crippen molar-refractivity contribution >= 4 is 46.6 Å². The highest BCUT2D eigenvalue weighted by Gasteiger charge is 2.16. The van der Waals surface area contributed by atoms with Crippen molar-refractivity contribution in [2.24, 2.45) is 0 Å². The van der Waals surface area contributed by atoms with E-state index in [1.807, 2.05) is 26.0 Å². The van der Waals surface area contributed by atoms with Gasteiger partial charge in [0.15, 0.2) is 0 Å². The Hall–Kier alpha value is -2.57. The van der Waals surface area contributed by atoms with E-state index >= 15 is 0 Å². The van der Waals surface area contributed by atoms with Gasteiger partial charge >= 0.3 is 0 Å². The smallest absolute Gasteiger partial charge is 0.251 e. The van der Waals surface area contributed by atoms with Crippen molar-refractivity contribution < 1.29 is 14.4 Å². The number of rotatable bonds is 6. The maximum absolute atomic E-state index is 12.2. The maximum atomic E-state index is 12.2. The highest BCUT2D eigenvalue weighted by Crippen LogP contribution is 2.22. The number of nitrogens with zero attached hydrogens (tertiary/aromatic N) is 1. The fourth-order valence-corrected chi connectivity index (χ4v) is 2.71. The minimum absolute atomic E-state index is 0.130. The predicted molar refractivity (Wildman–Crippen MR) is 111 cm³/mol. The molecule has 0 atom stereocenters. The van der Waals surface area contributed by atoms with E-state index in [4.69, 9.17) is 23.2 Å². The predicted octanol–water partition coefficient (Wildman–Crippen LogP) is 3.44. The molecule has 28 heavy (non-hydrogen) atoms. The van der Waals surface area contributed by atoms with Crippen LogP contribution in [-0.4, -0.2) is 42.8 Å². The second kappa shape index (κ2) is 9.57. The Bertz CT molecular complexity index is 916. The Labute approximate surface area is 173 Å². The number of carbonyl (C=O) groups is 3. The SMILES string of the molecule is Cc1cccc(NC(=O)CN(C)C(=O)CNC(=O)c2ccc(Cl)c(Cl)c2)c1C. The van der Waals surface area contributed by atoms with Crippen LogP contribution in [0, 0.1) is 13.8 Å². The van der Waals surface area contributed by atoms with Gasteiger partial charge in [-0.15, -0.1) is 0 Å². The lowest BCUT2D eigenvalue weighted by molar-refractivity contribution is -0.132. The highest BCUT2D eigenvalue weighted by molar-refractivity contribution is 6.42. The van der Waals surface area contributed by atoms with Gasteiger partial charge in [-0.05, 0) is 49.2 Å². The quantitative estimate of drug-likeness (QED) is 0.749. The molecule has 0 aromatic heterocycles. The first kappa shape index (κ1) is 21.7. The number of anilines is 1. The summed E-state index contributed by atoms with van der Waals surface area (Å²) in [5, 5.41) is 5.88. The van der Waals surface area contributed by atoms with E-state index in [0.717, 1.165) is 11.1 Å². The van der Waals surface area contributed by atoms with Crippen molar-refractivity contribution in [3.05, 3.63) is 63.1 Å². The van der Waals surface area contributed by atoms with Gasteiger partial charge in [-0.3, -0.25) is 14.4 Å². The van der Waals surface area contributed by atoms with Crippen LogP contribution in [0.3, 0.4) is 0 Å². The first-order valence-corrected chi connectivity index (χ1v) is 9.28. The largest absolute Gasteiger partial charge is 0.343 e. The lowest BCUT2D eigenvalue weighted by atomic mass is 10.1. The zero-order valence-corrected chi connectivity index (χ0v) is 17.3. The summed E-state index contributed by atoms with van der Waals surface area (Å²) in [7, 11) is 1.50. The van der Waals surface area contributed by atoms with Crippen molar-refractivity contribution in [1.29, 1.82) is 0 Å². The summed E-state index contributed by atoms with van der Waals surface area (Å²) in [5.41, 5.74) is 3.03. The number of aryl methyl sites for hydroxylation is 1. The topological polar surface area (TPSA) is 78.5 Å². The molecule has 2 aromatic carbocycles. The molecule has 148 valence electrons. The van der Waals surface area contributed by atoms with Crippen LogP contribution in [0.5, 0.6) is 0 Å². The molecule has 0 aliphatic rings. The molecule has 0 saturated carbocycles. The average Bonchev–Trinajstić information content (AvgIpc) is 2.65. The molecule has 0 unspecified atom stereocenters. The van der Waals surface area contributed by atoms with E-state index in [0.29, 0.717) is 10.7 Å². The molecular weight excluding hydrogens is 401 g/mol. The monoisotopic (exact) mass is 421 g/mol. The number of amides is 3. The molecular formula is C20H21Cl2N3O3. The molecule has 2 N–H and O–H groups in total. The molecule has 0 heterocycles. The number of hydrogen-bond acceptors (Lipinski definition) is 3. The normalized spacial score (nSPS) is 10.3. The van der Waals surface area contributed by atoms with E-state index in [9.17, 15) is 14.4 Å². The molecule has 0 aliphatic carbocycles. The Morgan fingerprint density at radius 1 is 1.04 bits per heavy atom. The third-order valence-corrected chi connectivity index (χ3v) is 5.01. The zero-order valence-electron chi connectivity index (χ0n) is 15.8. The first-order chi connectivity index (χ1) is 13.2. The fraction of sp³-hybridized carbons (Fsp3) is 0.250. The molecule has 0 spiro atoms. The summed E-state index contributed by atoms with van der Waals surface area (Å²) in [6, 6.07) is 10.0. The van der Waals surface area contributed by atoms with Crippen molar-refractivity contribution in [2.45, 2.75) is 13.8 Å². The van der Waals surface area contributed by atoms with Crippen molar-refractivity contribution in [3.63, 3.8) is 0 Å². The summed E-state index contributed by atoms with van der Waals surface area (Å²) in [6.07, 6.45) is 0. The Morgan fingerprint density at radius 3 is 2.43 bits per heavy atom. The van der Waals surface area contributed by atoms with Gasteiger partial charge in [0.05, 0.1) is 23.1 Å². The van der Waals surface area contributed by atoms with Crippen LogP contribution in [0.2, 0.25) is 10.0 Å². The van der Waals surface area contributed by atoms with Crippen LogP contribution < -0.4 is 10.6 Å². The van der Waals surface area contributed by atoms with Crippen LogP contribution in [-0.2, 0) is 9.59 Å². The summed E-state index contributed by atoms with van der Waals surface area (Å²) < 4.78 is 0. The second-order valence-corrected chi connectivity index (χ2v) is 7.17. The molecule has 2 aromatic rings. The minimum Gasteiger partial charge on any atom is -0.343 e. The Morgan fingerprint density at radius 2 is 1.75 bits per heavy atom. The Kier molecular flexibility index (Phi) is 7.43. The van der Waals surface area contributed by atoms with Gasteiger partial charge in [-0.25, -0.2) is 0 Å². The van der Waals surface area contributed by atoms with Gasteiger partial charge in [0, 0.05) is 18.3 Å². The number of benzene rings is 2. The molecule has 2 rings (SSSR count). The van der Waals surface area contributed by atoms with Gasteiger partial charge in [-0.2, -0.15) is 0 Å². The number of hydrogen-bond donors (Lipinski definition) is 2. The zero-order chi connectivity index (χ0) is 20.8. The van der Waals surface area contributed by atoms with Gasteiger partial charge < -0.3 is 15.5 Å². The molecule has 0 saturated heterocycles. The second-order valence-electron chi connectivity index (χ2n) is 6.36. The molecule has 8 heteroatoms. The van der Waals surface area contributed by atoms with E-state index in [1.165, 1.54) is 30.1 Å². The lowest BCUT2D eigenvalue weighted by Gasteiger charge is -2.18. The van der Waals surface area contributed by atoms with Crippen LogP contribution >= 0.6 is 23.2 Å². The van der Waals surface area contributed by atoms with Gasteiger partial charge in [-0.1, -0.05) is 35.3 Å². The fourth-order valence-electron chi connectivity index (χ4n) is 2.41. The lowest BCUT2D eigenvalue weighted by Crippen LogP contribution is -2.41. The van der Waals surface area contributed by atoms with E-state index in [2.05, 4.69) is 10.6 Å². The molecule has 0 aliphatic heterocycles. The van der Waals surface area contributed by atoms with E-state index in [-0.39, 0.29) is 29.6 Å². The number of halogens is 2. The molecule has 0 fully saturated rings. The number of nitrogens with one attached hydrogen (secondary N) is 2. The van der Waals surface area contributed by atoms with Crippen LogP contribution in [0.1, 0.15) is 21.5 Å². The number of carbonyl (C=O) groups excluding carboxylic acids is 3. The van der Waals surface area contributed by atoms with Crippen LogP contribution in [0.4, 0.5) is 5.69 Å². The number of likely N-dealkylation sites (N-methyl/N-ethyl adjacent to an activating group) is 1. The molecule has 6 nitrogen and oxygen atoms in total. The van der Waals surface area contributed by atoms with Crippen molar-refractivity contribution in [3.8, 4) is 0 Å². The van der Waals surface area contributed by atoms with Crippen molar-refractivity contribution in [2.75, 3.05) is 25.5 Å². The summed E-state index contributed by atoms with van der Waals surface area (Å²) in [4.78, 5) is 37.7. The Balaban J connectivity index is 1.86. The summed E-state index contributed by atoms with van der Waals surface area (Å²) >= 11 is 11.7. The van der Waals surface area contributed by atoms with Crippen molar-refractivity contribution in [1.82, 2.24) is 10.2 Å². The maximum Gasteiger partial charge on any atom is 0.251 e. The van der Waals surface area contributed by atoms with Crippen LogP contribution in [0.15, 0.2) is 36.4 Å². The van der Waals surface area contributed by atoms with E-state index < -0.39 is 11.8 Å². The summed E-state index contributed by atoms with van der Waals surface area (Å²) in [5.74, 6) is -1.18. The highest BCUT2D eigenvalue weighted by atomic mass is 35.5. The molecule has 0 radical (unpaired) electrons. The van der Waals surface area contributed by atoms with Gasteiger partial charge in [0.2, 0.25) is 11.8 Å². The van der Waals surface area contributed by atoms with Crippen LogP contribution in [0.25, 0.3) is 0 Å². The third kappa shape index (κ3) is 5.71. The molecule has 3 amide bonds. The van der Waals surface area contributed by atoms with Gasteiger partial charge in [0.1, 0.15) is 0 Å². The average molecular weight is 422 g/mol.